The van der Waals surface area contributed by atoms with Crippen molar-refractivity contribution in [3.8, 4) is 0 Å². The number of anilines is 1. The van der Waals surface area contributed by atoms with Crippen LogP contribution in [0.1, 0.15) is 25.8 Å². The molecule has 2 heteroatoms. The standard InChI is InChI=1S/C13H22N2/c1-11(2)15(10-6-9-14)13-8-5-4-7-12(13)3/h4-5,7-8,11H,6,9-10,14H2,1-3H3. The van der Waals surface area contributed by atoms with Crippen molar-refractivity contribution in [1.82, 2.24) is 0 Å². The number of nitrogens with zero attached hydrogens (tertiary/aromatic N) is 1. The molecule has 0 saturated heterocycles. The molecule has 84 valence electrons. The third kappa shape index (κ3) is 3.24. The summed E-state index contributed by atoms with van der Waals surface area (Å²) in [4.78, 5) is 2.42. The highest BCUT2D eigenvalue weighted by Crippen LogP contribution is 2.21. The monoisotopic (exact) mass is 206 g/mol. The van der Waals surface area contributed by atoms with Gasteiger partial charge in [0.15, 0.2) is 0 Å². The maximum atomic E-state index is 5.57. The van der Waals surface area contributed by atoms with Gasteiger partial charge in [0.2, 0.25) is 0 Å². The van der Waals surface area contributed by atoms with Crippen molar-refractivity contribution in [2.45, 2.75) is 33.2 Å². The summed E-state index contributed by atoms with van der Waals surface area (Å²) in [6, 6.07) is 9.05. The van der Waals surface area contributed by atoms with E-state index in [9.17, 15) is 0 Å². The van der Waals surface area contributed by atoms with Gasteiger partial charge in [-0.25, -0.2) is 0 Å². The van der Waals surface area contributed by atoms with E-state index in [1.165, 1.54) is 11.3 Å². The van der Waals surface area contributed by atoms with Crippen LogP contribution in [0.25, 0.3) is 0 Å². The highest BCUT2D eigenvalue weighted by molar-refractivity contribution is 5.53. The molecule has 0 spiro atoms. The van der Waals surface area contributed by atoms with E-state index in [1.807, 2.05) is 0 Å². The second-order valence-electron chi connectivity index (χ2n) is 4.22. The van der Waals surface area contributed by atoms with Gasteiger partial charge in [0.25, 0.3) is 0 Å². The molecule has 1 aromatic carbocycles. The Hall–Kier alpha value is -1.02. The van der Waals surface area contributed by atoms with Crippen molar-refractivity contribution in [3.63, 3.8) is 0 Å². The molecule has 0 radical (unpaired) electrons. The molecule has 0 heterocycles. The zero-order valence-electron chi connectivity index (χ0n) is 10.0. The molecule has 1 aromatic rings. The minimum absolute atomic E-state index is 0.526. The number of nitrogens with two attached hydrogens (primary N) is 1. The predicted octanol–water partition coefficient (Wildman–Crippen LogP) is 2.56. The van der Waals surface area contributed by atoms with E-state index in [2.05, 4.69) is 49.9 Å². The second kappa shape index (κ2) is 5.76. The first-order chi connectivity index (χ1) is 7.16. The number of hydrogen-bond acceptors (Lipinski definition) is 2. The molecule has 0 amide bonds. The Balaban J connectivity index is 2.84. The first-order valence-corrected chi connectivity index (χ1v) is 5.69. The summed E-state index contributed by atoms with van der Waals surface area (Å²) < 4.78 is 0. The number of hydrogen-bond donors (Lipinski definition) is 1. The highest BCUT2D eigenvalue weighted by atomic mass is 15.2. The second-order valence-corrected chi connectivity index (χ2v) is 4.22. The molecule has 0 aliphatic rings. The largest absolute Gasteiger partial charge is 0.369 e. The molecule has 2 nitrogen and oxygen atoms in total. The number of rotatable bonds is 5. The minimum Gasteiger partial charge on any atom is -0.369 e. The topological polar surface area (TPSA) is 29.3 Å². The van der Waals surface area contributed by atoms with E-state index in [0.717, 1.165) is 19.5 Å². The van der Waals surface area contributed by atoms with Gasteiger partial charge in [0.05, 0.1) is 0 Å². The summed E-state index contributed by atoms with van der Waals surface area (Å²) >= 11 is 0. The lowest BCUT2D eigenvalue weighted by Crippen LogP contribution is -2.33. The van der Waals surface area contributed by atoms with Crippen molar-refractivity contribution in [2.24, 2.45) is 5.73 Å². The average Bonchev–Trinajstić information content (AvgIpc) is 2.20. The zero-order chi connectivity index (χ0) is 11.3. The van der Waals surface area contributed by atoms with Crippen LogP contribution in [0, 0.1) is 6.92 Å². The summed E-state index contributed by atoms with van der Waals surface area (Å²) in [6.07, 6.45) is 1.05. The Labute approximate surface area is 93.1 Å². The summed E-state index contributed by atoms with van der Waals surface area (Å²) in [7, 11) is 0. The molecular formula is C13H22N2. The van der Waals surface area contributed by atoms with Gasteiger partial charge in [-0.15, -0.1) is 0 Å². The molecule has 2 N–H and O–H groups in total. The number of aryl methyl sites for hydroxylation is 1. The molecule has 0 aromatic heterocycles. The number of para-hydroxylation sites is 1. The van der Waals surface area contributed by atoms with Gasteiger partial charge in [0.1, 0.15) is 0 Å². The van der Waals surface area contributed by atoms with Gasteiger partial charge in [0, 0.05) is 18.3 Å². The van der Waals surface area contributed by atoms with Crippen LogP contribution in [0.5, 0.6) is 0 Å². The summed E-state index contributed by atoms with van der Waals surface area (Å²) in [6.45, 7) is 8.41. The molecule has 15 heavy (non-hydrogen) atoms. The van der Waals surface area contributed by atoms with E-state index < -0.39 is 0 Å². The van der Waals surface area contributed by atoms with Crippen LogP contribution < -0.4 is 10.6 Å². The van der Waals surface area contributed by atoms with Gasteiger partial charge >= 0.3 is 0 Å². The minimum atomic E-state index is 0.526. The van der Waals surface area contributed by atoms with Crippen LogP contribution in [0.15, 0.2) is 24.3 Å². The molecule has 0 aliphatic carbocycles. The fraction of sp³-hybridized carbons (Fsp3) is 0.538. The van der Waals surface area contributed by atoms with Crippen molar-refractivity contribution in [1.29, 1.82) is 0 Å². The van der Waals surface area contributed by atoms with E-state index in [0.29, 0.717) is 6.04 Å². The molecule has 0 bridgehead atoms. The molecule has 0 aliphatic heterocycles. The first kappa shape index (κ1) is 12.1. The van der Waals surface area contributed by atoms with Crippen molar-refractivity contribution < 1.29 is 0 Å². The van der Waals surface area contributed by atoms with E-state index in [4.69, 9.17) is 5.73 Å². The molecule has 0 atom stereocenters. The predicted molar refractivity (Wildman–Crippen MR) is 67.3 cm³/mol. The fourth-order valence-corrected chi connectivity index (χ4v) is 1.80. The Morgan fingerprint density at radius 1 is 1.27 bits per heavy atom. The van der Waals surface area contributed by atoms with Gasteiger partial charge in [-0.3, -0.25) is 0 Å². The summed E-state index contributed by atoms with van der Waals surface area (Å²) in [5.74, 6) is 0. The van der Waals surface area contributed by atoms with E-state index in [-0.39, 0.29) is 0 Å². The Bertz CT molecular complexity index is 294. The lowest BCUT2D eigenvalue weighted by atomic mass is 10.1. The van der Waals surface area contributed by atoms with Crippen LogP contribution in [-0.4, -0.2) is 19.1 Å². The molecule has 0 unspecified atom stereocenters. The smallest absolute Gasteiger partial charge is 0.0398 e. The van der Waals surface area contributed by atoms with Crippen LogP contribution in [0.4, 0.5) is 5.69 Å². The summed E-state index contributed by atoms with van der Waals surface area (Å²) in [5.41, 5.74) is 8.24. The van der Waals surface area contributed by atoms with Crippen LogP contribution in [0.3, 0.4) is 0 Å². The van der Waals surface area contributed by atoms with Gasteiger partial charge in [-0.1, -0.05) is 18.2 Å². The zero-order valence-corrected chi connectivity index (χ0v) is 10.0. The van der Waals surface area contributed by atoms with Gasteiger partial charge in [-0.2, -0.15) is 0 Å². The lowest BCUT2D eigenvalue weighted by molar-refractivity contribution is 0.655. The lowest BCUT2D eigenvalue weighted by Gasteiger charge is -2.30. The Morgan fingerprint density at radius 3 is 2.47 bits per heavy atom. The number of benzene rings is 1. The summed E-state index contributed by atoms with van der Waals surface area (Å²) in [5, 5.41) is 0. The van der Waals surface area contributed by atoms with Crippen molar-refractivity contribution >= 4 is 5.69 Å². The maximum Gasteiger partial charge on any atom is 0.0398 e. The molecule has 0 saturated carbocycles. The van der Waals surface area contributed by atoms with Crippen molar-refractivity contribution in [3.05, 3.63) is 29.8 Å². The van der Waals surface area contributed by atoms with Crippen LogP contribution in [0.2, 0.25) is 0 Å². The van der Waals surface area contributed by atoms with Gasteiger partial charge in [-0.05, 0) is 45.4 Å². The normalized spacial score (nSPS) is 10.7. The van der Waals surface area contributed by atoms with E-state index >= 15 is 0 Å². The Kier molecular flexibility index (Phi) is 4.63. The molecule has 1 rings (SSSR count). The highest BCUT2D eigenvalue weighted by Gasteiger charge is 2.11. The fourth-order valence-electron chi connectivity index (χ4n) is 1.80. The van der Waals surface area contributed by atoms with Crippen molar-refractivity contribution in [2.75, 3.05) is 18.0 Å². The average molecular weight is 206 g/mol. The molecule has 0 fully saturated rings. The van der Waals surface area contributed by atoms with Crippen LogP contribution >= 0.6 is 0 Å². The third-order valence-electron chi connectivity index (χ3n) is 2.65. The Morgan fingerprint density at radius 2 is 1.93 bits per heavy atom. The van der Waals surface area contributed by atoms with Gasteiger partial charge < -0.3 is 10.6 Å². The maximum absolute atomic E-state index is 5.57. The third-order valence-corrected chi connectivity index (χ3v) is 2.65. The van der Waals surface area contributed by atoms with Crippen LogP contribution in [-0.2, 0) is 0 Å². The quantitative estimate of drug-likeness (QED) is 0.802. The SMILES string of the molecule is Cc1ccccc1N(CCCN)C(C)C. The molecular weight excluding hydrogens is 184 g/mol. The first-order valence-electron chi connectivity index (χ1n) is 5.69. The van der Waals surface area contributed by atoms with E-state index in [1.54, 1.807) is 0 Å².